The Balaban J connectivity index is 2.54. The largest absolute Gasteiger partial charge is 0.375 e. The number of nitrogen functional groups attached to an aromatic ring is 1. The Morgan fingerprint density at radius 1 is 1.43 bits per heavy atom. The van der Waals surface area contributed by atoms with Gasteiger partial charge in [-0.25, -0.2) is 18.4 Å². The summed E-state index contributed by atoms with van der Waals surface area (Å²) in [5.74, 6) is 0. The summed E-state index contributed by atoms with van der Waals surface area (Å²) >= 11 is 0.878. The number of H-pyrrole nitrogens is 1. The van der Waals surface area contributed by atoms with E-state index in [9.17, 15) is 8.42 Å². The molecule has 2 heterocycles. The van der Waals surface area contributed by atoms with Crippen molar-refractivity contribution in [2.45, 2.75) is 9.37 Å². The van der Waals surface area contributed by atoms with E-state index in [0.29, 0.717) is 0 Å². The first-order chi connectivity index (χ1) is 6.60. The molecule has 2 aromatic heterocycles. The second-order valence-electron chi connectivity index (χ2n) is 2.30. The number of nitrogens with one attached hydrogen (secondary N) is 1. The fraction of sp³-hybridized carbons (Fsp3) is 0. The van der Waals surface area contributed by atoms with E-state index in [1.165, 1.54) is 12.5 Å². The van der Waals surface area contributed by atoms with Crippen molar-refractivity contribution in [2.24, 2.45) is 0 Å². The minimum atomic E-state index is -3.65. The van der Waals surface area contributed by atoms with Crippen LogP contribution in [0.2, 0.25) is 0 Å². The standard InChI is InChI=1S/C5H5N5O2S2/c6-4-7-1-3(13-4)14(11,12)5-8-2-9-10-5/h1-2H,(H2,6,7)(H,8,9,10). The average Bonchev–Trinajstić information content (AvgIpc) is 2.72. The fourth-order valence-electron chi connectivity index (χ4n) is 0.813. The van der Waals surface area contributed by atoms with Gasteiger partial charge in [0.05, 0.1) is 6.20 Å². The molecule has 0 radical (unpaired) electrons. The lowest BCUT2D eigenvalue weighted by Crippen LogP contribution is -2.01. The molecule has 0 aromatic carbocycles. The lowest BCUT2D eigenvalue weighted by Gasteiger charge is -1.91. The molecule has 0 saturated carbocycles. The summed E-state index contributed by atoms with van der Waals surface area (Å²) in [5, 5.41) is 5.73. The third-order valence-electron chi connectivity index (χ3n) is 1.40. The van der Waals surface area contributed by atoms with E-state index in [4.69, 9.17) is 5.73 Å². The molecule has 2 rings (SSSR count). The van der Waals surface area contributed by atoms with E-state index in [2.05, 4.69) is 20.2 Å². The number of aromatic nitrogens is 4. The van der Waals surface area contributed by atoms with Crippen molar-refractivity contribution in [1.29, 1.82) is 0 Å². The maximum atomic E-state index is 11.7. The highest BCUT2D eigenvalue weighted by atomic mass is 32.2. The summed E-state index contributed by atoms with van der Waals surface area (Å²) < 4.78 is 23.4. The van der Waals surface area contributed by atoms with Crippen molar-refractivity contribution in [3.8, 4) is 0 Å². The van der Waals surface area contributed by atoms with Gasteiger partial charge in [0.25, 0.3) is 15.0 Å². The van der Waals surface area contributed by atoms with Gasteiger partial charge in [-0.3, -0.25) is 5.10 Å². The van der Waals surface area contributed by atoms with Gasteiger partial charge in [0, 0.05) is 0 Å². The number of anilines is 1. The van der Waals surface area contributed by atoms with Crippen LogP contribution in [0.5, 0.6) is 0 Å². The van der Waals surface area contributed by atoms with E-state index >= 15 is 0 Å². The molecule has 2 aromatic rings. The SMILES string of the molecule is Nc1ncc(S(=O)(=O)c2nc[nH]n2)s1. The second kappa shape index (κ2) is 3.03. The zero-order valence-corrected chi connectivity index (χ0v) is 8.34. The number of hydrogen-bond donors (Lipinski definition) is 2. The Hall–Kier alpha value is -1.48. The summed E-state index contributed by atoms with van der Waals surface area (Å²) in [6.45, 7) is 0. The molecule has 14 heavy (non-hydrogen) atoms. The van der Waals surface area contributed by atoms with Crippen LogP contribution in [0.3, 0.4) is 0 Å². The molecular weight excluding hydrogens is 226 g/mol. The van der Waals surface area contributed by atoms with Crippen LogP contribution in [0.1, 0.15) is 0 Å². The van der Waals surface area contributed by atoms with Gasteiger partial charge in [-0.05, 0) is 0 Å². The molecule has 0 aliphatic rings. The van der Waals surface area contributed by atoms with Crippen molar-refractivity contribution in [1.82, 2.24) is 20.2 Å². The van der Waals surface area contributed by atoms with E-state index < -0.39 is 9.84 Å². The summed E-state index contributed by atoms with van der Waals surface area (Å²) in [6.07, 6.45) is 2.38. The van der Waals surface area contributed by atoms with Gasteiger partial charge in [0.15, 0.2) is 5.13 Å². The van der Waals surface area contributed by atoms with E-state index in [1.807, 2.05) is 0 Å². The summed E-state index contributed by atoms with van der Waals surface area (Å²) in [7, 11) is -3.65. The van der Waals surface area contributed by atoms with Gasteiger partial charge in [-0.1, -0.05) is 11.3 Å². The molecule has 0 aliphatic carbocycles. The minimum absolute atomic E-state index is 0.0367. The molecular formula is C5H5N5O2S2. The summed E-state index contributed by atoms with van der Waals surface area (Å²) in [6, 6.07) is 0. The number of nitrogens with two attached hydrogens (primary N) is 1. The first-order valence-electron chi connectivity index (χ1n) is 3.43. The van der Waals surface area contributed by atoms with Gasteiger partial charge in [-0.15, -0.1) is 5.10 Å². The van der Waals surface area contributed by atoms with Crippen LogP contribution in [0.25, 0.3) is 0 Å². The summed E-state index contributed by atoms with van der Waals surface area (Å²) in [4.78, 5) is 7.20. The van der Waals surface area contributed by atoms with Crippen LogP contribution < -0.4 is 5.73 Å². The first kappa shape index (κ1) is 9.09. The Morgan fingerprint density at radius 3 is 2.71 bits per heavy atom. The minimum Gasteiger partial charge on any atom is -0.375 e. The second-order valence-corrected chi connectivity index (χ2v) is 5.44. The monoisotopic (exact) mass is 231 g/mol. The first-order valence-corrected chi connectivity index (χ1v) is 5.73. The molecule has 7 nitrogen and oxygen atoms in total. The maximum absolute atomic E-state index is 11.7. The quantitative estimate of drug-likeness (QED) is 0.731. The van der Waals surface area contributed by atoms with E-state index in [-0.39, 0.29) is 14.5 Å². The van der Waals surface area contributed by atoms with Gasteiger partial charge in [0.1, 0.15) is 10.5 Å². The molecule has 0 spiro atoms. The van der Waals surface area contributed by atoms with Crippen LogP contribution in [-0.2, 0) is 9.84 Å². The molecule has 0 unspecified atom stereocenters. The van der Waals surface area contributed by atoms with Crippen LogP contribution in [0.4, 0.5) is 5.13 Å². The van der Waals surface area contributed by atoms with Crippen LogP contribution in [-0.4, -0.2) is 28.6 Å². The number of aromatic amines is 1. The molecule has 74 valence electrons. The highest BCUT2D eigenvalue weighted by Crippen LogP contribution is 2.24. The number of nitrogens with zero attached hydrogens (tertiary/aromatic N) is 3. The third kappa shape index (κ3) is 1.36. The maximum Gasteiger partial charge on any atom is 0.272 e. The average molecular weight is 231 g/mol. The Labute approximate surface area is 82.9 Å². The van der Waals surface area contributed by atoms with Crippen molar-refractivity contribution >= 4 is 26.3 Å². The molecule has 0 saturated heterocycles. The lowest BCUT2D eigenvalue weighted by molar-refractivity contribution is 0.589. The lowest BCUT2D eigenvalue weighted by atomic mass is 11.0. The van der Waals surface area contributed by atoms with Crippen molar-refractivity contribution < 1.29 is 8.42 Å². The van der Waals surface area contributed by atoms with Gasteiger partial charge in [0.2, 0.25) is 0 Å². The molecule has 0 aliphatic heterocycles. The predicted molar refractivity (Wildman–Crippen MR) is 48.4 cm³/mol. The van der Waals surface area contributed by atoms with E-state index in [0.717, 1.165) is 11.3 Å². The van der Waals surface area contributed by atoms with Crippen LogP contribution in [0.15, 0.2) is 21.9 Å². The predicted octanol–water partition coefficient (Wildman–Crippen LogP) is -0.324. The van der Waals surface area contributed by atoms with Gasteiger partial charge in [-0.2, -0.15) is 0 Å². The number of rotatable bonds is 2. The van der Waals surface area contributed by atoms with Crippen molar-refractivity contribution in [3.63, 3.8) is 0 Å². The Morgan fingerprint density at radius 2 is 2.21 bits per heavy atom. The normalized spacial score (nSPS) is 11.7. The van der Waals surface area contributed by atoms with Gasteiger partial charge < -0.3 is 5.73 Å². The zero-order chi connectivity index (χ0) is 10.2. The molecule has 0 bridgehead atoms. The summed E-state index contributed by atoms with van der Waals surface area (Å²) in [5.41, 5.74) is 5.32. The van der Waals surface area contributed by atoms with Crippen molar-refractivity contribution in [2.75, 3.05) is 5.73 Å². The molecule has 0 fully saturated rings. The molecule has 0 amide bonds. The Bertz CT molecular complexity index is 528. The zero-order valence-electron chi connectivity index (χ0n) is 6.71. The van der Waals surface area contributed by atoms with E-state index in [1.54, 1.807) is 0 Å². The van der Waals surface area contributed by atoms with Crippen LogP contribution in [0, 0.1) is 0 Å². The molecule has 3 N–H and O–H groups in total. The number of thiazole rings is 1. The van der Waals surface area contributed by atoms with Gasteiger partial charge >= 0.3 is 0 Å². The smallest absolute Gasteiger partial charge is 0.272 e. The molecule has 9 heteroatoms. The topological polar surface area (TPSA) is 115 Å². The third-order valence-corrected chi connectivity index (χ3v) is 4.24. The fourth-order valence-corrected chi connectivity index (χ4v) is 2.88. The molecule has 0 atom stereocenters. The highest BCUT2D eigenvalue weighted by molar-refractivity contribution is 7.93. The Kier molecular flexibility index (Phi) is 1.97. The number of sulfone groups is 1. The van der Waals surface area contributed by atoms with Crippen LogP contribution >= 0.6 is 11.3 Å². The van der Waals surface area contributed by atoms with Crippen molar-refractivity contribution in [3.05, 3.63) is 12.5 Å². The highest BCUT2D eigenvalue weighted by Gasteiger charge is 2.23. The number of hydrogen-bond acceptors (Lipinski definition) is 7.